The molecular formula is C29H30N2O4. The first-order valence-electron chi connectivity index (χ1n) is 11.7. The van der Waals surface area contributed by atoms with Crippen LogP contribution in [0.3, 0.4) is 0 Å². The SMILES string of the molecule is CC(OCc1ccccc1)OC(=O)c1cccc2c1ccn2CC(=O)N(C)CCc1ccccc1. The highest BCUT2D eigenvalue weighted by Gasteiger charge is 2.18. The van der Waals surface area contributed by atoms with Gasteiger partial charge in [0.1, 0.15) is 6.54 Å². The van der Waals surface area contributed by atoms with Crippen LogP contribution < -0.4 is 0 Å². The molecule has 0 aliphatic heterocycles. The van der Waals surface area contributed by atoms with Crippen LogP contribution in [-0.2, 0) is 33.8 Å². The zero-order valence-corrected chi connectivity index (χ0v) is 20.1. The number of amides is 1. The maximum Gasteiger partial charge on any atom is 0.341 e. The second-order valence-electron chi connectivity index (χ2n) is 8.50. The topological polar surface area (TPSA) is 60.8 Å². The highest BCUT2D eigenvalue weighted by molar-refractivity contribution is 6.04. The fourth-order valence-corrected chi connectivity index (χ4v) is 3.91. The average Bonchev–Trinajstić information content (AvgIpc) is 3.30. The highest BCUT2D eigenvalue weighted by atomic mass is 16.7. The van der Waals surface area contributed by atoms with Crippen molar-refractivity contribution in [3.8, 4) is 0 Å². The maximum absolute atomic E-state index is 12.9. The van der Waals surface area contributed by atoms with Crippen LogP contribution in [0.25, 0.3) is 10.9 Å². The monoisotopic (exact) mass is 470 g/mol. The van der Waals surface area contributed by atoms with Gasteiger partial charge in [-0.15, -0.1) is 0 Å². The van der Waals surface area contributed by atoms with Gasteiger partial charge < -0.3 is 18.9 Å². The molecule has 0 spiro atoms. The molecular weight excluding hydrogens is 440 g/mol. The Morgan fingerprint density at radius 1 is 0.886 bits per heavy atom. The Balaban J connectivity index is 1.37. The lowest BCUT2D eigenvalue weighted by Gasteiger charge is -2.18. The second kappa shape index (κ2) is 11.5. The average molecular weight is 471 g/mol. The number of hydrogen-bond acceptors (Lipinski definition) is 4. The summed E-state index contributed by atoms with van der Waals surface area (Å²) in [5, 5.41) is 0.743. The van der Waals surface area contributed by atoms with Gasteiger partial charge in [0.05, 0.1) is 12.2 Å². The Bertz CT molecular complexity index is 1270. The van der Waals surface area contributed by atoms with Crippen molar-refractivity contribution in [1.82, 2.24) is 9.47 Å². The van der Waals surface area contributed by atoms with Gasteiger partial charge in [-0.3, -0.25) is 4.79 Å². The van der Waals surface area contributed by atoms with Crippen LogP contribution in [0.1, 0.15) is 28.4 Å². The van der Waals surface area contributed by atoms with E-state index < -0.39 is 12.3 Å². The Morgan fingerprint density at radius 3 is 2.29 bits per heavy atom. The normalized spacial score (nSPS) is 11.8. The lowest BCUT2D eigenvalue weighted by atomic mass is 10.1. The summed E-state index contributed by atoms with van der Waals surface area (Å²) in [6, 6.07) is 27.1. The molecule has 180 valence electrons. The van der Waals surface area contributed by atoms with Crippen molar-refractivity contribution in [2.75, 3.05) is 13.6 Å². The van der Waals surface area contributed by atoms with Gasteiger partial charge in [-0.25, -0.2) is 4.79 Å². The zero-order valence-electron chi connectivity index (χ0n) is 20.1. The summed E-state index contributed by atoms with van der Waals surface area (Å²) in [5.74, 6) is -0.449. The van der Waals surface area contributed by atoms with Gasteiger partial charge >= 0.3 is 5.97 Å². The van der Waals surface area contributed by atoms with Gasteiger partial charge in [0, 0.05) is 30.7 Å². The third kappa shape index (κ3) is 6.37. The van der Waals surface area contributed by atoms with Gasteiger partial charge in [-0.2, -0.15) is 0 Å². The van der Waals surface area contributed by atoms with Crippen molar-refractivity contribution >= 4 is 22.8 Å². The minimum Gasteiger partial charge on any atom is -0.432 e. The van der Waals surface area contributed by atoms with Crippen LogP contribution in [-0.4, -0.2) is 41.2 Å². The molecule has 6 nitrogen and oxygen atoms in total. The van der Waals surface area contributed by atoms with Crippen molar-refractivity contribution in [3.05, 3.63) is 108 Å². The Hall–Kier alpha value is -3.90. The predicted molar refractivity (Wildman–Crippen MR) is 136 cm³/mol. The van der Waals surface area contributed by atoms with E-state index in [0.717, 1.165) is 22.9 Å². The summed E-state index contributed by atoms with van der Waals surface area (Å²) in [7, 11) is 1.82. The Morgan fingerprint density at radius 2 is 1.57 bits per heavy atom. The van der Waals surface area contributed by atoms with Crippen LogP contribution in [0.4, 0.5) is 0 Å². The minimum atomic E-state index is -0.695. The summed E-state index contributed by atoms with van der Waals surface area (Å²) < 4.78 is 13.1. The number of carbonyl (C=O) groups excluding carboxylic acids is 2. The molecule has 0 saturated carbocycles. The third-order valence-electron chi connectivity index (χ3n) is 5.94. The minimum absolute atomic E-state index is 0.00865. The molecule has 4 aromatic rings. The molecule has 0 fully saturated rings. The van der Waals surface area contributed by atoms with Crippen molar-refractivity contribution in [2.24, 2.45) is 0 Å². The quantitative estimate of drug-likeness (QED) is 0.240. The van der Waals surface area contributed by atoms with Gasteiger partial charge in [-0.05, 0) is 42.7 Å². The number of nitrogens with zero attached hydrogens (tertiary/aromatic N) is 2. The summed E-state index contributed by atoms with van der Waals surface area (Å²) in [6.45, 7) is 2.90. The molecule has 35 heavy (non-hydrogen) atoms. The molecule has 0 bridgehead atoms. The van der Waals surface area contributed by atoms with Crippen LogP contribution in [0.15, 0.2) is 91.1 Å². The molecule has 0 aliphatic rings. The first kappa shape index (κ1) is 24.2. The number of benzene rings is 3. The lowest BCUT2D eigenvalue weighted by Crippen LogP contribution is -2.31. The van der Waals surface area contributed by atoms with E-state index in [1.165, 1.54) is 5.56 Å². The van der Waals surface area contributed by atoms with Crippen LogP contribution in [0, 0.1) is 0 Å². The first-order chi connectivity index (χ1) is 17.0. The summed E-state index contributed by atoms with van der Waals surface area (Å²) in [5.41, 5.74) is 3.46. The highest BCUT2D eigenvalue weighted by Crippen LogP contribution is 2.22. The van der Waals surface area contributed by atoms with Gasteiger partial charge in [0.2, 0.25) is 12.2 Å². The molecule has 1 unspecified atom stereocenters. The number of likely N-dealkylation sites (N-methyl/N-ethyl adjacent to an activating group) is 1. The Labute approximate surface area is 205 Å². The molecule has 3 aromatic carbocycles. The summed E-state index contributed by atoms with van der Waals surface area (Å²) in [6.07, 6.45) is 1.94. The van der Waals surface area contributed by atoms with Crippen molar-refractivity contribution < 1.29 is 19.1 Å². The van der Waals surface area contributed by atoms with Gasteiger partial charge in [0.25, 0.3) is 0 Å². The van der Waals surface area contributed by atoms with Gasteiger partial charge in [0.15, 0.2) is 0 Å². The maximum atomic E-state index is 12.9. The lowest BCUT2D eigenvalue weighted by molar-refractivity contribution is -0.130. The van der Waals surface area contributed by atoms with Crippen LogP contribution in [0.5, 0.6) is 0 Å². The number of carbonyl (C=O) groups is 2. The van der Waals surface area contributed by atoms with Crippen LogP contribution in [0.2, 0.25) is 0 Å². The van der Waals surface area contributed by atoms with E-state index in [9.17, 15) is 9.59 Å². The Kier molecular flexibility index (Phi) is 7.95. The molecule has 6 heteroatoms. The van der Waals surface area contributed by atoms with Gasteiger partial charge in [-0.1, -0.05) is 66.7 Å². The standard InChI is InChI=1S/C29H30N2O4/c1-22(34-21-24-12-7-4-8-13-24)35-29(33)26-14-9-15-27-25(26)17-19-31(27)20-28(32)30(2)18-16-23-10-5-3-6-11-23/h3-15,17,19,22H,16,18,20-21H2,1-2H3. The zero-order chi connectivity index (χ0) is 24.6. The molecule has 1 aromatic heterocycles. The van der Waals surface area contributed by atoms with E-state index in [4.69, 9.17) is 9.47 Å². The number of esters is 1. The van der Waals surface area contributed by atoms with E-state index in [-0.39, 0.29) is 12.5 Å². The van der Waals surface area contributed by atoms with E-state index in [1.54, 1.807) is 24.0 Å². The molecule has 1 atom stereocenters. The number of fused-ring (bicyclic) bond motifs is 1. The van der Waals surface area contributed by atoms with E-state index in [1.807, 2.05) is 78.5 Å². The largest absolute Gasteiger partial charge is 0.432 e. The van der Waals surface area contributed by atoms with Crippen molar-refractivity contribution in [2.45, 2.75) is 32.8 Å². The fourth-order valence-electron chi connectivity index (χ4n) is 3.91. The van der Waals surface area contributed by atoms with Crippen molar-refractivity contribution in [1.29, 1.82) is 0 Å². The second-order valence-corrected chi connectivity index (χ2v) is 8.50. The van der Waals surface area contributed by atoms with Crippen LogP contribution >= 0.6 is 0 Å². The molecule has 1 heterocycles. The molecule has 4 rings (SSSR count). The number of ether oxygens (including phenoxy) is 2. The van der Waals surface area contributed by atoms with Crippen molar-refractivity contribution in [3.63, 3.8) is 0 Å². The van der Waals surface area contributed by atoms with E-state index in [2.05, 4.69) is 12.1 Å². The van der Waals surface area contributed by atoms with E-state index >= 15 is 0 Å². The molecule has 0 saturated heterocycles. The first-order valence-corrected chi connectivity index (χ1v) is 11.7. The summed E-state index contributed by atoms with van der Waals surface area (Å²) >= 11 is 0. The smallest absolute Gasteiger partial charge is 0.341 e. The summed E-state index contributed by atoms with van der Waals surface area (Å²) in [4.78, 5) is 27.4. The molecule has 0 radical (unpaired) electrons. The number of rotatable bonds is 10. The number of aromatic nitrogens is 1. The fraction of sp³-hybridized carbons (Fsp3) is 0.241. The third-order valence-corrected chi connectivity index (χ3v) is 5.94. The van der Waals surface area contributed by atoms with E-state index in [0.29, 0.717) is 18.7 Å². The predicted octanol–water partition coefficient (Wildman–Crippen LogP) is 5.06. The molecule has 1 amide bonds. The molecule has 0 N–H and O–H groups in total. The number of hydrogen-bond donors (Lipinski definition) is 0. The molecule has 0 aliphatic carbocycles.